The van der Waals surface area contributed by atoms with Gasteiger partial charge in [0.2, 0.25) is 0 Å². The van der Waals surface area contributed by atoms with E-state index in [-0.39, 0.29) is 0 Å². The van der Waals surface area contributed by atoms with Gasteiger partial charge in [0, 0.05) is 6.42 Å². The summed E-state index contributed by atoms with van der Waals surface area (Å²) in [6, 6.07) is 18.1. The minimum Gasteiger partial charge on any atom is -0.296 e. The minimum atomic E-state index is 0.311. The number of carbonyl (C=O) groups is 1. The third-order valence-electron chi connectivity index (χ3n) is 6.49. The minimum absolute atomic E-state index is 0.311. The Kier molecular flexibility index (Phi) is 9.46. The smallest absolute Gasteiger partial charge is 0.187 e. The molecular formula is C28H44N2O+2. The van der Waals surface area contributed by atoms with Gasteiger partial charge in [-0.05, 0) is 67.5 Å². The van der Waals surface area contributed by atoms with Crippen molar-refractivity contribution in [2.45, 2.75) is 58.8 Å². The lowest BCUT2D eigenvalue weighted by Crippen LogP contribution is -2.44. The quantitative estimate of drug-likeness (QED) is 0.278. The molecule has 0 bridgehead atoms. The van der Waals surface area contributed by atoms with E-state index in [1.807, 2.05) is 6.92 Å². The average Bonchev–Trinajstić information content (AvgIpc) is 2.75. The van der Waals surface area contributed by atoms with Crippen LogP contribution in [0.5, 0.6) is 0 Å². The van der Waals surface area contributed by atoms with Gasteiger partial charge in [-0.25, -0.2) is 0 Å². The zero-order valence-electron chi connectivity index (χ0n) is 20.8. The number of benzene rings is 2. The van der Waals surface area contributed by atoms with E-state index in [0.29, 0.717) is 23.2 Å². The molecule has 0 aliphatic rings. The van der Waals surface area contributed by atoms with E-state index < -0.39 is 0 Å². The van der Waals surface area contributed by atoms with Crippen LogP contribution < -0.4 is 8.97 Å². The second kappa shape index (κ2) is 11.6. The van der Waals surface area contributed by atoms with Crippen molar-refractivity contribution in [1.29, 1.82) is 0 Å². The van der Waals surface area contributed by atoms with Crippen LogP contribution in [0.1, 0.15) is 57.1 Å². The maximum atomic E-state index is 11.9. The zero-order chi connectivity index (χ0) is 22.9. The number of ketones is 1. The lowest BCUT2D eigenvalue weighted by molar-refractivity contribution is -0.119. The molecule has 0 aromatic heterocycles. The van der Waals surface area contributed by atoms with Crippen molar-refractivity contribution in [3.63, 3.8) is 0 Å². The van der Waals surface area contributed by atoms with Gasteiger partial charge in [-0.3, -0.25) is 13.8 Å². The summed E-state index contributed by atoms with van der Waals surface area (Å²) < 4.78 is 1.59. The summed E-state index contributed by atoms with van der Waals surface area (Å²) in [7, 11) is 8.82. The number of nitrogens with zero attached hydrogens (tertiary/aromatic N) is 2. The van der Waals surface area contributed by atoms with Gasteiger partial charge < -0.3 is 0 Å². The first-order valence-corrected chi connectivity index (χ1v) is 12.0. The van der Waals surface area contributed by atoms with Crippen molar-refractivity contribution >= 4 is 17.2 Å². The molecule has 3 nitrogen and oxygen atoms in total. The van der Waals surface area contributed by atoms with Crippen molar-refractivity contribution in [3.05, 3.63) is 59.7 Å². The molecule has 0 amide bonds. The van der Waals surface area contributed by atoms with Crippen molar-refractivity contribution < 1.29 is 4.79 Å². The van der Waals surface area contributed by atoms with Gasteiger partial charge in [0.25, 0.3) is 0 Å². The largest absolute Gasteiger partial charge is 0.296 e. The van der Waals surface area contributed by atoms with Crippen LogP contribution in [0.15, 0.2) is 48.5 Å². The van der Waals surface area contributed by atoms with E-state index in [1.54, 1.807) is 0 Å². The molecule has 2 rings (SSSR count). The van der Waals surface area contributed by atoms with E-state index in [9.17, 15) is 4.79 Å². The summed E-state index contributed by atoms with van der Waals surface area (Å²) in [4.78, 5) is 11.9. The first-order valence-electron chi connectivity index (χ1n) is 12.0. The Morgan fingerprint density at radius 3 is 1.55 bits per heavy atom. The Morgan fingerprint density at radius 2 is 1.13 bits per heavy atom. The van der Waals surface area contributed by atoms with E-state index in [4.69, 9.17) is 0 Å². The third kappa shape index (κ3) is 7.90. The standard InChI is InChI=1S/C28H44N2O/c1-7-9-22-29(3,4)26-18-14-24(15-19-26)12-10-11-13-25-16-20-27(21-17-25)30(5,6)23-28(31)8-2/h14-21H,7-13,22-23H2,1-6H3/q+2. The predicted molar refractivity (Wildman–Crippen MR) is 137 cm³/mol. The molecular weight excluding hydrogens is 380 g/mol. The fourth-order valence-electron chi connectivity index (χ4n) is 4.12. The van der Waals surface area contributed by atoms with Crippen molar-refractivity contribution in [2.75, 3.05) is 41.3 Å². The normalized spacial score (nSPS) is 12.2. The van der Waals surface area contributed by atoms with Crippen molar-refractivity contribution in [1.82, 2.24) is 8.97 Å². The molecule has 0 radical (unpaired) electrons. The SMILES string of the molecule is CCCC[N+](C)(C)c1ccc(CCCCc2ccc([N+](C)(C)CC(=O)CC)cc2)cc1. The highest BCUT2D eigenvalue weighted by molar-refractivity contribution is 5.81. The van der Waals surface area contributed by atoms with Gasteiger partial charge in [0.05, 0.1) is 34.7 Å². The average molecular weight is 425 g/mol. The van der Waals surface area contributed by atoms with Crippen molar-refractivity contribution in [3.8, 4) is 0 Å². The summed E-state index contributed by atoms with van der Waals surface area (Å²) >= 11 is 0. The number of aryl methyl sites for hydroxylation is 2. The summed E-state index contributed by atoms with van der Waals surface area (Å²) in [5, 5.41) is 0. The van der Waals surface area contributed by atoms with Gasteiger partial charge >= 0.3 is 0 Å². The van der Waals surface area contributed by atoms with Crippen molar-refractivity contribution in [2.24, 2.45) is 0 Å². The number of hydrogen-bond donors (Lipinski definition) is 0. The molecule has 31 heavy (non-hydrogen) atoms. The summed E-state index contributed by atoms with van der Waals surface area (Å²) in [5.41, 5.74) is 5.43. The van der Waals surface area contributed by atoms with Crippen LogP contribution in [0.4, 0.5) is 11.4 Å². The van der Waals surface area contributed by atoms with Crippen LogP contribution in [0.3, 0.4) is 0 Å². The highest BCUT2D eigenvalue weighted by atomic mass is 16.1. The van der Waals surface area contributed by atoms with E-state index >= 15 is 0 Å². The highest BCUT2D eigenvalue weighted by Crippen LogP contribution is 2.22. The second-order valence-corrected chi connectivity index (χ2v) is 10.0. The first kappa shape index (κ1) is 25.3. The Hall–Kier alpha value is -1.97. The fraction of sp³-hybridized carbons (Fsp3) is 0.536. The number of unbranched alkanes of at least 4 members (excludes halogenated alkanes) is 2. The molecule has 0 aliphatic heterocycles. The molecule has 2 aromatic carbocycles. The van der Waals surface area contributed by atoms with Gasteiger partial charge in [0.15, 0.2) is 5.78 Å². The molecule has 0 atom stereocenters. The van der Waals surface area contributed by atoms with Gasteiger partial charge in [-0.15, -0.1) is 0 Å². The molecule has 0 spiro atoms. The molecule has 2 aromatic rings. The molecule has 0 aliphatic carbocycles. The van der Waals surface area contributed by atoms with Crippen LogP contribution in [0.25, 0.3) is 0 Å². The number of likely N-dealkylation sites (N-methyl/N-ethyl adjacent to an activating group) is 1. The summed E-state index contributed by atoms with van der Waals surface area (Å²) in [6.07, 6.45) is 7.79. The van der Waals surface area contributed by atoms with E-state index in [1.165, 1.54) is 54.7 Å². The third-order valence-corrected chi connectivity index (χ3v) is 6.49. The Balaban J connectivity index is 1.80. The Labute approximate surface area is 190 Å². The van der Waals surface area contributed by atoms with Crippen LogP contribution in [0.2, 0.25) is 0 Å². The van der Waals surface area contributed by atoms with Crippen LogP contribution >= 0.6 is 0 Å². The molecule has 0 heterocycles. The summed E-state index contributed by atoms with van der Waals surface area (Å²) in [5.74, 6) is 0.311. The topological polar surface area (TPSA) is 17.1 Å². The Bertz CT molecular complexity index is 804. The number of Topliss-reactive ketones (excluding diaryl/α,β-unsaturated/α-hetero) is 1. The summed E-state index contributed by atoms with van der Waals surface area (Å²) in [6.45, 7) is 5.95. The Morgan fingerprint density at radius 1 is 0.677 bits per heavy atom. The zero-order valence-corrected chi connectivity index (χ0v) is 20.8. The molecule has 170 valence electrons. The maximum absolute atomic E-state index is 11.9. The maximum Gasteiger partial charge on any atom is 0.187 e. The van der Waals surface area contributed by atoms with Gasteiger partial charge in [-0.2, -0.15) is 0 Å². The van der Waals surface area contributed by atoms with E-state index in [0.717, 1.165) is 17.3 Å². The van der Waals surface area contributed by atoms with Crippen LogP contribution in [0, 0.1) is 0 Å². The lowest BCUT2D eigenvalue weighted by Gasteiger charge is -2.29. The first-order chi connectivity index (χ1) is 14.7. The molecule has 3 heteroatoms. The molecule has 0 fully saturated rings. The molecule has 0 saturated heterocycles. The number of hydrogen-bond acceptors (Lipinski definition) is 1. The number of carbonyl (C=O) groups excluding carboxylic acids is 1. The van der Waals surface area contributed by atoms with Crippen LogP contribution in [-0.2, 0) is 17.6 Å². The van der Waals surface area contributed by atoms with Crippen LogP contribution in [-0.4, -0.2) is 47.1 Å². The fourth-order valence-corrected chi connectivity index (χ4v) is 4.12. The van der Waals surface area contributed by atoms with Gasteiger partial charge in [-0.1, -0.05) is 44.5 Å². The van der Waals surface area contributed by atoms with E-state index in [2.05, 4.69) is 83.6 Å². The number of rotatable bonds is 13. The van der Waals surface area contributed by atoms with Gasteiger partial charge in [0.1, 0.15) is 17.9 Å². The number of quaternary nitrogens is 2. The molecule has 0 unspecified atom stereocenters. The molecule has 0 N–H and O–H groups in total. The predicted octanol–water partition coefficient (Wildman–Crippen LogP) is 6.17. The monoisotopic (exact) mass is 424 g/mol. The molecule has 0 saturated carbocycles. The lowest BCUT2D eigenvalue weighted by atomic mass is 10.0. The highest BCUT2D eigenvalue weighted by Gasteiger charge is 2.22. The second-order valence-electron chi connectivity index (χ2n) is 10.0.